The van der Waals surface area contributed by atoms with Crippen LogP contribution >= 0.6 is 50.1 Å². The molecule has 0 aliphatic heterocycles. The van der Waals surface area contributed by atoms with E-state index >= 15 is 0 Å². The van der Waals surface area contributed by atoms with Crippen LogP contribution in [0.15, 0.2) is 41.1 Å². The van der Waals surface area contributed by atoms with Gasteiger partial charge in [-0.1, -0.05) is 11.6 Å². The molecule has 6 heteroatoms. The number of pyridine rings is 1. The summed E-state index contributed by atoms with van der Waals surface area (Å²) in [6.45, 7) is 0. The Balaban J connectivity index is 2.18. The average Bonchev–Trinajstić information content (AvgIpc) is 2.33. The van der Waals surface area contributed by atoms with Gasteiger partial charge in [0.1, 0.15) is 4.60 Å². The minimum atomic E-state index is -0.238. The average molecular weight is 437 g/mol. The minimum absolute atomic E-state index is 0.238. The zero-order valence-corrected chi connectivity index (χ0v) is 13.5. The number of benzene rings is 1. The van der Waals surface area contributed by atoms with Crippen LogP contribution in [0, 0.1) is 3.57 Å². The van der Waals surface area contributed by atoms with Crippen LogP contribution in [-0.4, -0.2) is 10.9 Å². The Morgan fingerprint density at radius 1 is 1.33 bits per heavy atom. The van der Waals surface area contributed by atoms with Gasteiger partial charge in [-0.15, -0.1) is 0 Å². The summed E-state index contributed by atoms with van der Waals surface area (Å²) in [4.78, 5) is 15.9. The number of hydrogen-bond acceptors (Lipinski definition) is 2. The van der Waals surface area contributed by atoms with Crippen molar-refractivity contribution in [1.82, 2.24) is 4.98 Å². The van der Waals surface area contributed by atoms with E-state index in [1.165, 1.54) is 6.20 Å². The number of nitrogens with one attached hydrogen (secondary N) is 1. The number of carbonyl (C=O) groups is 1. The Labute approximate surface area is 131 Å². The number of nitrogens with zero attached hydrogens (tertiary/aromatic N) is 1. The molecule has 1 heterocycles. The Morgan fingerprint density at radius 3 is 2.72 bits per heavy atom. The fraction of sp³-hybridized carbons (Fsp3) is 0. The van der Waals surface area contributed by atoms with Gasteiger partial charge in [-0.25, -0.2) is 4.98 Å². The second-order valence-corrected chi connectivity index (χ2v) is 5.91. The molecule has 0 atom stereocenters. The number of aromatic nitrogens is 1. The summed E-state index contributed by atoms with van der Waals surface area (Å²) in [6.07, 6.45) is 1.50. The maximum atomic E-state index is 11.9. The van der Waals surface area contributed by atoms with Crippen molar-refractivity contribution < 1.29 is 4.79 Å². The van der Waals surface area contributed by atoms with Gasteiger partial charge in [0.2, 0.25) is 0 Å². The predicted octanol–water partition coefficient (Wildman–Crippen LogP) is 4.35. The standard InChI is InChI=1S/C12H7BrClIN2O/c13-11-4-1-7(6-16-11)12(18)17-10-3-2-8(15)5-9(10)14/h1-6H,(H,17,18). The third-order valence-corrected chi connectivity index (χ3v) is 3.62. The summed E-state index contributed by atoms with van der Waals surface area (Å²) in [5.74, 6) is -0.238. The number of anilines is 1. The number of carbonyl (C=O) groups excluding carboxylic acids is 1. The molecule has 1 aromatic heterocycles. The van der Waals surface area contributed by atoms with E-state index in [-0.39, 0.29) is 5.91 Å². The second kappa shape index (κ2) is 5.99. The van der Waals surface area contributed by atoms with Crippen LogP contribution in [0.4, 0.5) is 5.69 Å². The molecular formula is C12H7BrClIN2O. The molecule has 0 spiro atoms. The van der Waals surface area contributed by atoms with E-state index in [1.807, 2.05) is 6.07 Å². The first-order valence-electron chi connectivity index (χ1n) is 4.94. The van der Waals surface area contributed by atoms with E-state index in [2.05, 4.69) is 48.8 Å². The smallest absolute Gasteiger partial charge is 0.257 e. The zero-order valence-electron chi connectivity index (χ0n) is 8.95. The lowest BCUT2D eigenvalue weighted by atomic mass is 10.2. The lowest BCUT2D eigenvalue weighted by Gasteiger charge is -2.07. The molecule has 0 aliphatic carbocycles. The first-order chi connectivity index (χ1) is 8.56. The Hall–Kier alpha value is -0.660. The van der Waals surface area contributed by atoms with Gasteiger partial charge in [-0.3, -0.25) is 4.79 Å². The lowest BCUT2D eigenvalue weighted by molar-refractivity contribution is 0.102. The Kier molecular flexibility index (Phi) is 4.58. The van der Waals surface area contributed by atoms with Gasteiger partial charge in [-0.05, 0) is 68.9 Å². The van der Waals surface area contributed by atoms with Gasteiger partial charge in [-0.2, -0.15) is 0 Å². The van der Waals surface area contributed by atoms with Gasteiger partial charge in [0.15, 0.2) is 0 Å². The predicted molar refractivity (Wildman–Crippen MR) is 84.1 cm³/mol. The summed E-state index contributed by atoms with van der Waals surface area (Å²) in [5.41, 5.74) is 1.07. The summed E-state index contributed by atoms with van der Waals surface area (Å²) in [7, 11) is 0. The Morgan fingerprint density at radius 2 is 2.11 bits per heavy atom. The molecule has 3 nitrogen and oxygen atoms in total. The molecule has 2 rings (SSSR count). The molecular weight excluding hydrogens is 430 g/mol. The quantitative estimate of drug-likeness (QED) is 0.561. The van der Waals surface area contributed by atoms with Crippen LogP contribution < -0.4 is 5.32 Å². The molecule has 2 aromatic rings. The number of amides is 1. The van der Waals surface area contributed by atoms with Crippen molar-refractivity contribution in [2.75, 3.05) is 5.32 Å². The van der Waals surface area contributed by atoms with Crippen LogP contribution in [0.2, 0.25) is 5.02 Å². The van der Waals surface area contributed by atoms with Crippen LogP contribution in [0.25, 0.3) is 0 Å². The molecule has 1 N–H and O–H groups in total. The highest BCUT2D eigenvalue weighted by Crippen LogP contribution is 2.24. The van der Waals surface area contributed by atoms with E-state index in [0.717, 1.165) is 3.57 Å². The van der Waals surface area contributed by atoms with Crippen LogP contribution in [-0.2, 0) is 0 Å². The maximum absolute atomic E-state index is 11.9. The van der Waals surface area contributed by atoms with Crippen molar-refractivity contribution in [3.05, 3.63) is 55.3 Å². The maximum Gasteiger partial charge on any atom is 0.257 e. The highest BCUT2D eigenvalue weighted by molar-refractivity contribution is 14.1. The Bertz CT molecular complexity index is 589. The fourth-order valence-electron chi connectivity index (χ4n) is 1.30. The van der Waals surface area contributed by atoms with Crippen molar-refractivity contribution in [3.8, 4) is 0 Å². The highest BCUT2D eigenvalue weighted by Gasteiger charge is 2.08. The number of rotatable bonds is 2. The first kappa shape index (κ1) is 13.8. The summed E-state index contributed by atoms with van der Waals surface area (Å²) < 4.78 is 1.70. The largest absolute Gasteiger partial charge is 0.321 e. The highest BCUT2D eigenvalue weighted by atomic mass is 127. The molecule has 0 fully saturated rings. The van der Waals surface area contributed by atoms with Gasteiger partial charge in [0, 0.05) is 9.77 Å². The first-order valence-corrected chi connectivity index (χ1v) is 7.19. The van der Waals surface area contributed by atoms with E-state index in [1.54, 1.807) is 24.3 Å². The zero-order chi connectivity index (χ0) is 13.1. The van der Waals surface area contributed by atoms with Crippen molar-refractivity contribution in [2.24, 2.45) is 0 Å². The number of hydrogen-bond donors (Lipinski definition) is 1. The van der Waals surface area contributed by atoms with Gasteiger partial charge < -0.3 is 5.32 Å². The third kappa shape index (κ3) is 3.43. The van der Waals surface area contributed by atoms with E-state index < -0.39 is 0 Å². The summed E-state index contributed by atoms with van der Waals surface area (Å²) >= 11 is 11.4. The molecule has 0 unspecified atom stereocenters. The molecule has 0 saturated heterocycles. The van der Waals surface area contributed by atoms with Crippen molar-refractivity contribution in [3.63, 3.8) is 0 Å². The molecule has 18 heavy (non-hydrogen) atoms. The van der Waals surface area contributed by atoms with E-state index in [0.29, 0.717) is 20.9 Å². The van der Waals surface area contributed by atoms with Gasteiger partial charge in [0.25, 0.3) is 5.91 Å². The molecule has 92 valence electrons. The topological polar surface area (TPSA) is 42.0 Å². The fourth-order valence-corrected chi connectivity index (χ4v) is 2.43. The van der Waals surface area contributed by atoms with E-state index in [9.17, 15) is 4.79 Å². The SMILES string of the molecule is O=C(Nc1ccc(I)cc1Cl)c1ccc(Br)nc1. The summed E-state index contributed by atoms with van der Waals surface area (Å²) in [6, 6.07) is 8.84. The lowest BCUT2D eigenvalue weighted by Crippen LogP contribution is -2.12. The molecule has 0 aliphatic rings. The van der Waals surface area contributed by atoms with Crippen LogP contribution in [0.1, 0.15) is 10.4 Å². The molecule has 1 aromatic carbocycles. The number of halogens is 3. The van der Waals surface area contributed by atoms with Crippen molar-refractivity contribution >= 4 is 61.7 Å². The second-order valence-electron chi connectivity index (χ2n) is 3.45. The molecule has 1 amide bonds. The molecule has 0 saturated carbocycles. The molecule has 0 bridgehead atoms. The third-order valence-electron chi connectivity index (χ3n) is 2.17. The summed E-state index contributed by atoms with van der Waals surface area (Å²) in [5, 5.41) is 3.26. The van der Waals surface area contributed by atoms with Crippen LogP contribution in [0.5, 0.6) is 0 Å². The normalized spacial score (nSPS) is 10.2. The van der Waals surface area contributed by atoms with Crippen LogP contribution in [0.3, 0.4) is 0 Å². The van der Waals surface area contributed by atoms with Gasteiger partial charge in [0.05, 0.1) is 16.3 Å². The van der Waals surface area contributed by atoms with E-state index in [4.69, 9.17) is 11.6 Å². The minimum Gasteiger partial charge on any atom is -0.321 e. The monoisotopic (exact) mass is 436 g/mol. The molecule has 0 radical (unpaired) electrons. The van der Waals surface area contributed by atoms with Crippen molar-refractivity contribution in [1.29, 1.82) is 0 Å². The van der Waals surface area contributed by atoms with Crippen molar-refractivity contribution in [2.45, 2.75) is 0 Å². The van der Waals surface area contributed by atoms with Gasteiger partial charge >= 0.3 is 0 Å².